The number of alkyl halides is 2. The molecule has 2 rings (SSSR count). The number of carbonyl (C=O) groups excluding carboxylic acids is 2. The van der Waals surface area contributed by atoms with Crippen molar-refractivity contribution in [3.8, 4) is 5.75 Å². The van der Waals surface area contributed by atoms with Crippen LogP contribution in [0.2, 0.25) is 5.02 Å². The Hall–Kier alpha value is -1.17. The van der Waals surface area contributed by atoms with Gasteiger partial charge in [-0.3, -0.25) is 4.79 Å². The van der Waals surface area contributed by atoms with Gasteiger partial charge in [-0.25, -0.2) is 4.79 Å². The smallest absolute Gasteiger partial charge is 0.409 e. The van der Waals surface area contributed by atoms with Gasteiger partial charge in [-0.05, 0) is 30.5 Å². The Labute approximate surface area is 137 Å². The molecule has 0 unspecified atom stereocenters. The number of ether oxygens (including phenoxy) is 1. The Morgan fingerprint density at radius 2 is 2.10 bits per heavy atom. The molecule has 1 N–H and O–H groups in total. The second kappa shape index (κ2) is 6.73. The highest BCUT2D eigenvalue weighted by Gasteiger charge is 2.28. The molecule has 0 fully saturated rings. The van der Waals surface area contributed by atoms with Crippen LogP contribution < -0.4 is 15.0 Å². The van der Waals surface area contributed by atoms with Gasteiger partial charge in [0.15, 0.2) is 10.6 Å². The van der Waals surface area contributed by atoms with Gasteiger partial charge < -0.3 is 15.0 Å². The van der Waals surface area contributed by atoms with E-state index in [0.717, 1.165) is 12.0 Å². The third kappa shape index (κ3) is 3.36. The van der Waals surface area contributed by atoms with E-state index in [1.165, 1.54) is 11.9 Å². The maximum absolute atomic E-state index is 12.0. The van der Waals surface area contributed by atoms with Crippen LogP contribution >= 0.6 is 34.8 Å². The van der Waals surface area contributed by atoms with Crippen LogP contribution in [0.25, 0.3) is 0 Å². The number of rotatable bonds is 2. The van der Waals surface area contributed by atoms with Crippen molar-refractivity contribution in [1.29, 1.82) is 0 Å². The molecule has 0 aromatic heterocycles. The molecule has 114 valence electrons. The predicted molar refractivity (Wildman–Crippen MR) is 82.7 cm³/mol. The summed E-state index contributed by atoms with van der Waals surface area (Å²) in [4.78, 5) is 23.6. The summed E-state index contributed by atoms with van der Waals surface area (Å²) in [5.74, 6) is -0.146. The normalized spacial score (nSPS) is 13.9. The van der Waals surface area contributed by atoms with Crippen molar-refractivity contribution in [2.24, 2.45) is 0 Å². The van der Waals surface area contributed by atoms with Gasteiger partial charge in [0.25, 0.3) is 5.91 Å². The minimum Gasteiger partial charge on any atom is -0.409 e. The number of fused-ring (bicyclic) bond motifs is 1. The lowest BCUT2D eigenvalue weighted by Crippen LogP contribution is -2.38. The van der Waals surface area contributed by atoms with Gasteiger partial charge in [-0.1, -0.05) is 34.8 Å². The number of halogens is 3. The number of amides is 2. The quantitative estimate of drug-likeness (QED) is 0.833. The van der Waals surface area contributed by atoms with Crippen LogP contribution in [0.4, 0.5) is 10.5 Å². The molecule has 1 aromatic carbocycles. The Balaban J connectivity index is 2.37. The molecule has 0 saturated heterocycles. The van der Waals surface area contributed by atoms with Gasteiger partial charge >= 0.3 is 6.09 Å². The maximum Gasteiger partial charge on any atom is 0.412 e. The lowest BCUT2D eigenvalue weighted by molar-refractivity contribution is -0.117. The van der Waals surface area contributed by atoms with Gasteiger partial charge in [-0.15, -0.1) is 0 Å². The van der Waals surface area contributed by atoms with Crippen molar-refractivity contribution < 1.29 is 14.3 Å². The van der Waals surface area contributed by atoms with Gasteiger partial charge in [0.05, 0.1) is 5.02 Å². The standard InChI is InChI=1S/C13H13Cl3N2O3/c1-17-13(20)21-9-5-4-8-7(10(9)14)3-2-6-18(8)12(19)11(15)16/h4-5,11H,2-3,6H2,1H3,(H,17,20). The molecule has 0 atom stereocenters. The number of hydrogen-bond acceptors (Lipinski definition) is 3. The first kappa shape index (κ1) is 16.2. The summed E-state index contributed by atoms with van der Waals surface area (Å²) in [5.41, 5.74) is 1.39. The number of anilines is 1. The highest BCUT2D eigenvalue weighted by Crippen LogP contribution is 2.39. The summed E-state index contributed by atoms with van der Waals surface area (Å²) in [6.07, 6.45) is 0.794. The first-order valence-corrected chi connectivity index (χ1v) is 7.51. The van der Waals surface area contributed by atoms with Crippen LogP contribution in [0.15, 0.2) is 12.1 Å². The fourth-order valence-electron chi connectivity index (χ4n) is 2.19. The third-order valence-electron chi connectivity index (χ3n) is 3.14. The monoisotopic (exact) mass is 350 g/mol. The topological polar surface area (TPSA) is 58.6 Å². The zero-order chi connectivity index (χ0) is 15.6. The first-order valence-electron chi connectivity index (χ1n) is 6.26. The Kier molecular flexibility index (Phi) is 5.19. The largest absolute Gasteiger partial charge is 0.412 e. The number of nitrogens with one attached hydrogen (secondary N) is 1. The number of nitrogens with zero attached hydrogens (tertiary/aromatic N) is 1. The second-order valence-corrected chi connectivity index (χ2v) is 5.88. The lowest BCUT2D eigenvalue weighted by Gasteiger charge is -2.30. The van der Waals surface area contributed by atoms with E-state index in [9.17, 15) is 9.59 Å². The molecule has 0 radical (unpaired) electrons. The minimum atomic E-state index is -1.13. The van der Waals surface area contributed by atoms with E-state index in [-0.39, 0.29) is 5.75 Å². The van der Waals surface area contributed by atoms with Crippen LogP contribution in [0, 0.1) is 0 Å². The molecule has 1 aromatic rings. The van der Waals surface area contributed by atoms with Gasteiger partial charge in [0.1, 0.15) is 0 Å². The van der Waals surface area contributed by atoms with E-state index < -0.39 is 16.8 Å². The van der Waals surface area contributed by atoms with Crippen LogP contribution in [0.3, 0.4) is 0 Å². The van der Waals surface area contributed by atoms with Crippen molar-refractivity contribution in [1.82, 2.24) is 5.32 Å². The summed E-state index contributed by atoms with van der Waals surface area (Å²) >= 11 is 17.6. The van der Waals surface area contributed by atoms with Crippen molar-refractivity contribution in [2.45, 2.75) is 17.7 Å². The molecule has 1 heterocycles. The summed E-state index contributed by atoms with van der Waals surface area (Å²) < 4.78 is 5.07. The van der Waals surface area contributed by atoms with E-state index in [1.807, 2.05) is 0 Å². The van der Waals surface area contributed by atoms with Gasteiger partial charge in [-0.2, -0.15) is 0 Å². The molecule has 2 amide bonds. The van der Waals surface area contributed by atoms with Crippen LogP contribution in [0.5, 0.6) is 5.75 Å². The van der Waals surface area contributed by atoms with Gasteiger partial charge in [0.2, 0.25) is 0 Å². The Morgan fingerprint density at radius 3 is 2.71 bits per heavy atom. The Bertz CT molecular complexity index is 578. The molecule has 1 aliphatic heterocycles. The zero-order valence-electron chi connectivity index (χ0n) is 11.2. The first-order chi connectivity index (χ1) is 9.95. The SMILES string of the molecule is CNC(=O)Oc1ccc2c(c1Cl)CCCN2C(=O)C(Cl)Cl. The summed E-state index contributed by atoms with van der Waals surface area (Å²) in [6, 6.07) is 3.21. The van der Waals surface area contributed by atoms with Crippen molar-refractivity contribution in [3.63, 3.8) is 0 Å². The van der Waals surface area contributed by atoms with Crippen molar-refractivity contribution in [3.05, 3.63) is 22.7 Å². The number of hydrogen-bond donors (Lipinski definition) is 1. The highest BCUT2D eigenvalue weighted by molar-refractivity contribution is 6.54. The molecule has 0 saturated carbocycles. The van der Waals surface area contributed by atoms with Crippen LogP contribution in [0.1, 0.15) is 12.0 Å². The predicted octanol–water partition coefficient (Wildman–Crippen LogP) is 3.14. The van der Waals surface area contributed by atoms with Crippen LogP contribution in [-0.4, -0.2) is 30.4 Å². The highest BCUT2D eigenvalue weighted by atomic mass is 35.5. The zero-order valence-corrected chi connectivity index (χ0v) is 13.4. The summed E-state index contributed by atoms with van der Waals surface area (Å²) in [7, 11) is 1.45. The Morgan fingerprint density at radius 1 is 1.38 bits per heavy atom. The fraction of sp³-hybridized carbons (Fsp3) is 0.385. The maximum atomic E-state index is 12.0. The van der Waals surface area contributed by atoms with E-state index in [0.29, 0.717) is 23.7 Å². The molecule has 1 aliphatic rings. The molecule has 0 spiro atoms. The molecular weight excluding hydrogens is 339 g/mol. The van der Waals surface area contributed by atoms with E-state index in [4.69, 9.17) is 39.5 Å². The molecule has 8 heteroatoms. The lowest BCUT2D eigenvalue weighted by atomic mass is 10.0. The minimum absolute atomic E-state index is 0.248. The van der Waals surface area contributed by atoms with Crippen molar-refractivity contribution in [2.75, 3.05) is 18.5 Å². The molecule has 0 bridgehead atoms. The average Bonchev–Trinajstić information content (AvgIpc) is 2.48. The van der Waals surface area contributed by atoms with Crippen LogP contribution in [-0.2, 0) is 11.2 Å². The number of benzene rings is 1. The molecule has 5 nitrogen and oxygen atoms in total. The molecule has 0 aliphatic carbocycles. The third-order valence-corrected chi connectivity index (χ3v) is 3.93. The molecular formula is C13H13Cl3N2O3. The second-order valence-electron chi connectivity index (χ2n) is 4.41. The summed E-state index contributed by atoms with van der Waals surface area (Å²) in [6.45, 7) is 0.522. The van der Waals surface area contributed by atoms with E-state index in [2.05, 4.69) is 5.32 Å². The average molecular weight is 352 g/mol. The fourth-order valence-corrected chi connectivity index (χ4v) is 2.72. The van der Waals surface area contributed by atoms with Crippen molar-refractivity contribution >= 4 is 52.5 Å². The summed E-state index contributed by atoms with van der Waals surface area (Å²) in [5, 5.41) is 2.66. The van der Waals surface area contributed by atoms with Gasteiger partial charge in [0, 0.05) is 19.3 Å². The number of carbonyl (C=O) groups is 2. The van der Waals surface area contributed by atoms with E-state index >= 15 is 0 Å². The van der Waals surface area contributed by atoms with E-state index in [1.54, 1.807) is 12.1 Å². The molecule has 21 heavy (non-hydrogen) atoms.